The molecule has 1 heterocycles. The second kappa shape index (κ2) is 7.65. The fourth-order valence-corrected chi connectivity index (χ4v) is 2.89. The Morgan fingerprint density at radius 2 is 2.20 bits per heavy atom. The van der Waals surface area contributed by atoms with Crippen LogP contribution in [0.5, 0.6) is 0 Å². The lowest BCUT2D eigenvalue weighted by Gasteiger charge is -2.30. The van der Waals surface area contributed by atoms with Gasteiger partial charge in [0.05, 0.1) is 6.10 Å². The molecule has 0 saturated carbocycles. The first-order valence-corrected chi connectivity index (χ1v) is 7.79. The van der Waals surface area contributed by atoms with Crippen molar-refractivity contribution in [3.8, 4) is 0 Å². The van der Waals surface area contributed by atoms with E-state index in [0.29, 0.717) is 12.1 Å². The van der Waals surface area contributed by atoms with E-state index in [4.69, 9.17) is 4.74 Å². The molecule has 0 aliphatic carbocycles. The van der Waals surface area contributed by atoms with Crippen molar-refractivity contribution in [2.24, 2.45) is 0 Å². The molecule has 3 nitrogen and oxygen atoms in total. The van der Waals surface area contributed by atoms with Gasteiger partial charge in [-0.25, -0.2) is 0 Å². The number of rotatable bonds is 6. The molecule has 1 fully saturated rings. The van der Waals surface area contributed by atoms with E-state index < -0.39 is 0 Å². The molecule has 2 unspecified atom stereocenters. The van der Waals surface area contributed by atoms with Gasteiger partial charge >= 0.3 is 0 Å². The predicted molar refractivity (Wildman–Crippen MR) is 85.1 cm³/mol. The normalized spacial score (nSPS) is 23.0. The van der Waals surface area contributed by atoms with Gasteiger partial charge in [-0.1, -0.05) is 25.5 Å². The summed E-state index contributed by atoms with van der Waals surface area (Å²) in [7, 11) is 4.21. The molecule has 0 aromatic heterocycles. The van der Waals surface area contributed by atoms with Crippen molar-refractivity contribution in [1.82, 2.24) is 4.90 Å². The van der Waals surface area contributed by atoms with Gasteiger partial charge in [0.1, 0.15) is 0 Å². The first kappa shape index (κ1) is 15.3. The van der Waals surface area contributed by atoms with Crippen LogP contribution in [0, 0.1) is 0 Å². The summed E-state index contributed by atoms with van der Waals surface area (Å²) >= 11 is 0. The molecule has 2 rings (SSSR count). The number of nitrogens with one attached hydrogen (secondary N) is 1. The fraction of sp³-hybridized carbons (Fsp3) is 0.647. The minimum Gasteiger partial charge on any atom is -0.382 e. The van der Waals surface area contributed by atoms with Crippen LogP contribution in [-0.2, 0) is 11.3 Å². The molecule has 1 aromatic carbocycles. The Morgan fingerprint density at radius 3 is 2.95 bits per heavy atom. The molecule has 1 aliphatic rings. The highest BCUT2D eigenvalue weighted by molar-refractivity contribution is 5.46. The van der Waals surface area contributed by atoms with E-state index in [0.717, 1.165) is 26.0 Å². The third-order valence-corrected chi connectivity index (χ3v) is 3.77. The molecule has 0 spiro atoms. The predicted octanol–water partition coefficient (Wildman–Crippen LogP) is 3.51. The van der Waals surface area contributed by atoms with Crippen molar-refractivity contribution in [1.29, 1.82) is 0 Å². The molecule has 112 valence electrons. The average Bonchev–Trinajstić information content (AvgIpc) is 2.39. The summed E-state index contributed by atoms with van der Waals surface area (Å²) in [6.45, 7) is 4.10. The average molecular weight is 276 g/mol. The van der Waals surface area contributed by atoms with Gasteiger partial charge in [-0.2, -0.15) is 0 Å². The topological polar surface area (TPSA) is 24.5 Å². The van der Waals surface area contributed by atoms with Crippen molar-refractivity contribution in [2.75, 3.05) is 26.0 Å². The highest BCUT2D eigenvalue weighted by Crippen LogP contribution is 2.22. The lowest BCUT2D eigenvalue weighted by atomic mass is 9.99. The number of hydrogen-bond donors (Lipinski definition) is 1. The van der Waals surface area contributed by atoms with Crippen LogP contribution in [0.15, 0.2) is 24.3 Å². The SMILES string of the molecule is CCCC1CC(Nc2cccc(CN(C)C)c2)CCO1. The molecule has 1 N–H and O–H groups in total. The minimum absolute atomic E-state index is 0.441. The van der Waals surface area contributed by atoms with E-state index in [-0.39, 0.29) is 0 Å². The Balaban J connectivity index is 1.92. The van der Waals surface area contributed by atoms with Gasteiger partial charge in [0.15, 0.2) is 0 Å². The van der Waals surface area contributed by atoms with Crippen LogP contribution in [-0.4, -0.2) is 37.7 Å². The van der Waals surface area contributed by atoms with E-state index >= 15 is 0 Å². The van der Waals surface area contributed by atoms with Gasteiger partial charge in [-0.3, -0.25) is 0 Å². The molecule has 0 amide bonds. The van der Waals surface area contributed by atoms with E-state index in [9.17, 15) is 0 Å². The van der Waals surface area contributed by atoms with Crippen LogP contribution >= 0.6 is 0 Å². The molecule has 1 aromatic rings. The van der Waals surface area contributed by atoms with Gasteiger partial charge in [0.25, 0.3) is 0 Å². The first-order valence-electron chi connectivity index (χ1n) is 7.79. The zero-order chi connectivity index (χ0) is 14.4. The van der Waals surface area contributed by atoms with Crippen molar-refractivity contribution in [2.45, 2.75) is 51.3 Å². The summed E-state index contributed by atoms with van der Waals surface area (Å²) in [6.07, 6.45) is 5.06. The Bertz CT molecular complexity index is 404. The third kappa shape index (κ3) is 4.80. The first-order chi connectivity index (χ1) is 9.67. The third-order valence-electron chi connectivity index (χ3n) is 3.77. The number of hydrogen-bond acceptors (Lipinski definition) is 3. The molecular weight excluding hydrogens is 248 g/mol. The van der Waals surface area contributed by atoms with Gasteiger partial charge in [-0.15, -0.1) is 0 Å². The van der Waals surface area contributed by atoms with Gasteiger partial charge in [0, 0.05) is 24.9 Å². The van der Waals surface area contributed by atoms with E-state index in [1.54, 1.807) is 0 Å². The molecular formula is C17H28N2O. The highest BCUT2D eigenvalue weighted by Gasteiger charge is 2.21. The summed E-state index contributed by atoms with van der Waals surface area (Å²) in [5, 5.41) is 3.68. The van der Waals surface area contributed by atoms with Crippen LogP contribution < -0.4 is 5.32 Å². The second-order valence-corrected chi connectivity index (χ2v) is 6.09. The van der Waals surface area contributed by atoms with Crippen molar-refractivity contribution in [3.05, 3.63) is 29.8 Å². The molecule has 0 radical (unpaired) electrons. The van der Waals surface area contributed by atoms with Crippen LogP contribution in [0.25, 0.3) is 0 Å². The van der Waals surface area contributed by atoms with Crippen LogP contribution in [0.4, 0.5) is 5.69 Å². The van der Waals surface area contributed by atoms with Crippen LogP contribution in [0.3, 0.4) is 0 Å². The van der Waals surface area contributed by atoms with Gasteiger partial charge in [0.2, 0.25) is 0 Å². The Morgan fingerprint density at radius 1 is 1.35 bits per heavy atom. The van der Waals surface area contributed by atoms with Gasteiger partial charge < -0.3 is 15.0 Å². The summed E-state index contributed by atoms with van der Waals surface area (Å²) < 4.78 is 5.82. The van der Waals surface area contributed by atoms with E-state index in [1.807, 2.05) is 0 Å². The fourth-order valence-electron chi connectivity index (χ4n) is 2.89. The smallest absolute Gasteiger partial charge is 0.0594 e. The Labute approximate surface area is 123 Å². The molecule has 0 bridgehead atoms. The maximum atomic E-state index is 5.82. The molecule has 1 saturated heterocycles. The monoisotopic (exact) mass is 276 g/mol. The van der Waals surface area contributed by atoms with Crippen molar-refractivity contribution in [3.63, 3.8) is 0 Å². The molecule has 3 heteroatoms. The van der Waals surface area contributed by atoms with Crippen LogP contribution in [0.1, 0.15) is 38.2 Å². The largest absolute Gasteiger partial charge is 0.382 e. The van der Waals surface area contributed by atoms with Crippen molar-refractivity contribution >= 4 is 5.69 Å². The molecule has 20 heavy (non-hydrogen) atoms. The lowest BCUT2D eigenvalue weighted by Crippen LogP contribution is -2.34. The quantitative estimate of drug-likeness (QED) is 0.860. The maximum Gasteiger partial charge on any atom is 0.0594 e. The maximum absolute atomic E-state index is 5.82. The van der Waals surface area contributed by atoms with Crippen molar-refractivity contribution < 1.29 is 4.74 Å². The highest BCUT2D eigenvalue weighted by atomic mass is 16.5. The summed E-state index contributed by atoms with van der Waals surface area (Å²) in [5.74, 6) is 0. The number of anilines is 1. The summed E-state index contributed by atoms with van der Waals surface area (Å²) in [6, 6.07) is 9.32. The zero-order valence-corrected chi connectivity index (χ0v) is 13.1. The minimum atomic E-state index is 0.441. The number of benzene rings is 1. The second-order valence-electron chi connectivity index (χ2n) is 6.09. The number of ether oxygens (including phenoxy) is 1. The zero-order valence-electron chi connectivity index (χ0n) is 13.1. The molecule has 1 aliphatic heterocycles. The number of nitrogens with zero attached hydrogens (tertiary/aromatic N) is 1. The molecule has 2 atom stereocenters. The Kier molecular flexibility index (Phi) is 5.86. The van der Waals surface area contributed by atoms with Crippen LogP contribution in [0.2, 0.25) is 0 Å². The summed E-state index contributed by atoms with van der Waals surface area (Å²) in [5.41, 5.74) is 2.60. The summed E-state index contributed by atoms with van der Waals surface area (Å²) in [4.78, 5) is 2.20. The van der Waals surface area contributed by atoms with E-state index in [1.165, 1.54) is 24.1 Å². The van der Waals surface area contributed by atoms with Gasteiger partial charge in [-0.05, 0) is 51.1 Å². The standard InChI is InChI=1S/C17H28N2O/c1-4-6-17-12-16(9-10-20-17)18-15-8-5-7-14(11-15)13-19(2)3/h5,7-8,11,16-18H,4,6,9-10,12-13H2,1-3H3. The Hall–Kier alpha value is -1.06. The van der Waals surface area contributed by atoms with E-state index in [2.05, 4.69) is 55.5 Å². The lowest BCUT2D eigenvalue weighted by molar-refractivity contribution is 0.00598.